The minimum absolute atomic E-state index is 0.110. The lowest BCUT2D eigenvalue weighted by atomic mass is 9.71. The first-order valence-electron chi connectivity index (χ1n) is 14.3. The van der Waals surface area contributed by atoms with Gasteiger partial charge in [0, 0.05) is 5.92 Å². The molecule has 0 saturated heterocycles. The van der Waals surface area contributed by atoms with E-state index < -0.39 is 17.8 Å². The summed E-state index contributed by atoms with van der Waals surface area (Å²) in [6.45, 7) is 8.09. The van der Waals surface area contributed by atoms with Gasteiger partial charge in [0.2, 0.25) is 0 Å². The lowest BCUT2D eigenvalue weighted by molar-refractivity contribution is -0.122. The molecular weight excluding hydrogens is 508 g/mol. The van der Waals surface area contributed by atoms with Crippen LogP contribution < -0.4 is 10.0 Å². The van der Waals surface area contributed by atoms with Crippen molar-refractivity contribution >= 4 is 45.4 Å². The average molecular weight is 543 g/mol. The maximum absolute atomic E-state index is 14.3. The number of fused-ring (bicyclic) bond motifs is 1. The van der Waals surface area contributed by atoms with E-state index in [2.05, 4.69) is 30.3 Å². The molecule has 0 fully saturated rings. The van der Waals surface area contributed by atoms with Gasteiger partial charge in [-0.2, -0.15) is 10.2 Å². The number of rotatable bonds is 7. The van der Waals surface area contributed by atoms with Crippen molar-refractivity contribution in [1.29, 1.82) is 0 Å². The monoisotopic (exact) mass is 542 g/mol. The molecule has 2 heterocycles. The molecule has 4 aromatic rings. The molecule has 0 aliphatic carbocycles. The number of nitrogens with zero attached hydrogens (tertiary/aromatic N) is 4. The van der Waals surface area contributed by atoms with Gasteiger partial charge in [0.15, 0.2) is 0 Å². The predicted molar refractivity (Wildman–Crippen MR) is 166 cm³/mol. The number of aryl methyl sites for hydroxylation is 2. The number of hydrogen-bond acceptors (Lipinski definition) is 4. The van der Waals surface area contributed by atoms with E-state index in [4.69, 9.17) is 10.2 Å². The van der Waals surface area contributed by atoms with Crippen LogP contribution in [0.3, 0.4) is 0 Å². The molecule has 2 aliphatic rings. The summed E-state index contributed by atoms with van der Waals surface area (Å²) < 4.78 is 0. The Labute approximate surface area is 241 Å². The highest BCUT2D eigenvalue weighted by Gasteiger charge is 2.51. The molecular formula is C35H34N4O2. The molecule has 0 spiro atoms. The minimum atomic E-state index is -0.592. The van der Waals surface area contributed by atoms with E-state index in [1.807, 2.05) is 88.4 Å². The van der Waals surface area contributed by atoms with Gasteiger partial charge in [0.1, 0.15) is 0 Å². The van der Waals surface area contributed by atoms with Crippen molar-refractivity contribution in [3.8, 4) is 0 Å². The third-order valence-corrected chi connectivity index (χ3v) is 8.28. The van der Waals surface area contributed by atoms with Gasteiger partial charge >= 0.3 is 0 Å². The van der Waals surface area contributed by atoms with E-state index in [1.165, 1.54) is 10.0 Å². The van der Waals surface area contributed by atoms with Crippen LogP contribution in [0.15, 0.2) is 101 Å². The van der Waals surface area contributed by atoms with Gasteiger partial charge < -0.3 is 0 Å². The zero-order chi connectivity index (χ0) is 28.7. The van der Waals surface area contributed by atoms with Crippen molar-refractivity contribution in [2.45, 2.75) is 46.5 Å². The summed E-state index contributed by atoms with van der Waals surface area (Å²) in [7, 11) is 0. The number of amides is 2. The summed E-state index contributed by atoms with van der Waals surface area (Å²) in [5, 5.41) is 14.9. The quantitative estimate of drug-likeness (QED) is 0.244. The first-order chi connectivity index (χ1) is 19.9. The number of anilines is 2. The molecule has 0 bridgehead atoms. The van der Waals surface area contributed by atoms with Gasteiger partial charge in [0.05, 0.1) is 34.6 Å². The Balaban J connectivity index is 1.49. The lowest BCUT2D eigenvalue weighted by Crippen LogP contribution is -2.40. The van der Waals surface area contributed by atoms with Crippen LogP contribution in [0.4, 0.5) is 11.4 Å². The van der Waals surface area contributed by atoms with Crippen LogP contribution >= 0.6 is 0 Å². The molecule has 0 saturated carbocycles. The molecule has 2 unspecified atom stereocenters. The zero-order valence-electron chi connectivity index (χ0n) is 23.9. The molecule has 6 nitrogen and oxygen atoms in total. The SMILES string of the molecule is CCC1=NN(c2ccc(C)cc2)C(=O)C1C(c1ccc2ccccc2c1)C1C(=O)N(c2ccc(C)cc2)N=C1CC. The summed E-state index contributed by atoms with van der Waals surface area (Å²) in [6.07, 6.45) is 1.20. The van der Waals surface area contributed by atoms with Crippen LogP contribution in [-0.2, 0) is 9.59 Å². The topological polar surface area (TPSA) is 65.3 Å². The molecule has 41 heavy (non-hydrogen) atoms. The summed E-state index contributed by atoms with van der Waals surface area (Å²) >= 11 is 0. The second-order valence-corrected chi connectivity index (χ2v) is 10.9. The van der Waals surface area contributed by atoms with Gasteiger partial charge in [-0.25, -0.2) is 10.0 Å². The van der Waals surface area contributed by atoms with E-state index in [0.29, 0.717) is 12.8 Å². The maximum Gasteiger partial charge on any atom is 0.256 e. The molecule has 0 N–H and O–H groups in total. The third-order valence-electron chi connectivity index (χ3n) is 8.28. The molecule has 0 radical (unpaired) electrons. The molecule has 4 aromatic carbocycles. The Morgan fingerprint density at radius 2 is 1.10 bits per heavy atom. The largest absolute Gasteiger partial charge is 0.272 e. The normalized spacial score (nSPS) is 19.6. The first kappa shape index (κ1) is 26.6. The third kappa shape index (κ3) is 4.73. The predicted octanol–water partition coefficient (Wildman–Crippen LogP) is 7.40. The van der Waals surface area contributed by atoms with Crippen molar-refractivity contribution in [1.82, 2.24) is 0 Å². The summed E-state index contributed by atoms with van der Waals surface area (Å²) in [4.78, 5) is 28.7. The van der Waals surface area contributed by atoms with Crippen LogP contribution in [0, 0.1) is 25.7 Å². The first-order valence-corrected chi connectivity index (χ1v) is 14.3. The highest BCUT2D eigenvalue weighted by atomic mass is 16.2. The van der Waals surface area contributed by atoms with Crippen LogP contribution in [0.2, 0.25) is 0 Å². The van der Waals surface area contributed by atoms with Crippen molar-refractivity contribution in [2.75, 3.05) is 10.0 Å². The van der Waals surface area contributed by atoms with Gasteiger partial charge in [-0.05, 0) is 67.3 Å². The second kappa shape index (κ2) is 10.8. The van der Waals surface area contributed by atoms with E-state index in [-0.39, 0.29) is 11.8 Å². The minimum Gasteiger partial charge on any atom is -0.272 e. The standard InChI is InChI=1S/C35H34N4O2/c1-5-29-32(34(40)38(36-29)27-17-11-22(3)12-18-27)31(26-16-15-24-9-7-8-10-25(24)21-26)33-30(6-2)37-39(35(33)41)28-19-13-23(4)14-20-28/h7-21,31-33H,5-6H2,1-4H3. The second-order valence-electron chi connectivity index (χ2n) is 10.9. The van der Waals surface area contributed by atoms with Gasteiger partial charge in [-0.15, -0.1) is 0 Å². The summed E-state index contributed by atoms with van der Waals surface area (Å²) in [5.74, 6) is -1.86. The molecule has 6 heteroatoms. The van der Waals surface area contributed by atoms with Gasteiger partial charge in [0.25, 0.3) is 11.8 Å². The number of benzene rings is 4. The Morgan fingerprint density at radius 1 is 0.634 bits per heavy atom. The fraction of sp³-hybridized carbons (Fsp3) is 0.257. The highest BCUT2D eigenvalue weighted by molar-refractivity contribution is 6.20. The van der Waals surface area contributed by atoms with Gasteiger partial charge in [-0.3, -0.25) is 9.59 Å². The van der Waals surface area contributed by atoms with Crippen molar-refractivity contribution in [3.05, 3.63) is 108 Å². The highest BCUT2D eigenvalue weighted by Crippen LogP contribution is 2.44. The van der Waals surface area contributed by atoms with Gasteiger partial charge in [-0.1, -0.05) is 91.7 Å². The summed E-state index contributed by atoms with van der Waals surface area (Å²) in [6, 6.07) is 30.1. The molecule has 2 atom stereocenters. The Hall–Kier alpha value is -4.58. The van der Waals surface area contributed by atoms with E-state index >= 15 is 0 Å². The maximum atomic E-state index is 14.3. The summed E-state index contributed by atoms with van der Waals surface area (Å²) in [5.41, 5.74) is 6.20. The van der Waals surface area contributed by atoms with Crippen LogP contribution in [0.1, 0.15) is 49.3 Å². The lowest BCUT2D eigenvalue weighted by Gasteiger charge is -2.29. The Kier molecular flexibility index (Phi) is 7.00. The average Bonchev–Trinajstić information content (AvgIpc) is 3.50. The molecule has 6 rings (SSSR count). The molecule has 2 aliphatic heterocycles. The smallest absolute Gasteiger partial charge is 0.256 e. The van der Waals surface area contributed by atoms with Crippen molar-refractivity contribution < 1.29 is 9.59 Å². The van der Waals surface area contributed by atoms with E-state index in [1.54, 1.807) is 0 Å². The van der Waals surface area contributed by atoms with Crippen molar-refractivity contribution in [2.24, 2.45) is 22.0 Å². The fourth-order valence-electron chi connectivity index (χ4n) is 6.07. The zero-order valence-corrected chi connectivity index (χ0v) is 23.9. The van der Waals surface area contributed by atoms with Crippen LogP contribution in [-0.4, -0.2) is 23.2 Å². The van der Waals surface area contributed by atoms with Crippen LogP contribution in [0.25, 0.3) is 10.8 Å². The molecule has 206 valence electrons. The molecule has 2 amide bonds. The fourth-order valence-corrected chi connectivity index (χ4v) is 6.07. The molecule has 0 aromatic heterocycles. The van der Waals surface area contributed by atoms with E-state index in [0.717, 1.165) is 50.3 Å². The number of carbonyl (C=O) groups is 2. The number of hydrazone groups is 2. The number of carbonyl (C=O) groups excluding carboxylic acids is 2. The Bertz CT molecular complexity index is 1600. The van der Waals surface area contributed by atoms with E-state index in [9.17, 15) is 9.59 Å². The van der Waals surface area contributed by atoms with Crippen LogP contribution in [0.5, 0.6) is 0 Å². The number of hydrogen-bond donors (Lipinski definition) is 0. The Morgan fingerprint density at radius 3 is 1.56 bits per heavy atom. The van der Waals surface area contributed by atoms with Crippen molar-refractivity contribution in [3.63, 3.8) is 0 Å².